The van der Waals surface area contributed by atoms with Crippen LogP contribution >= 0.6 is 11.6 Å². The summed E-state index contributed by atoms with van der Waals surface area (Å²) >= 11 is 5.86. The fourth-order valence-corrected chi connectivity index (χ4v) is 1.58. The lowest BCUT2D eigenvalue weighted by Crippen LogP contribution is -2.29. The number of carbonyl (C=O) groups excluding carboxylic acids is 1. The molecule has 0 atom stereocenters. The zero-order valence-corrected chi connectivity index (χ0v) is 11.4. The van der Waals surface area contributed by atoms with Crippen LogP contribution in [0.4, 0.5) is 0 Å². The Morgan fingerprint density at radius 3 is 2.74 bits per heavy atom. The number of rotatable bonds is 7. The van der Waals surface area contributed by atoms with Gasteiger partial charge in [-0.25, -0.2) is 4.79 Å². The van der Waals surface area contributed by atoms with Crippen molar-refractivity contribution in [2.24, 2.45) is 0 Å². The Morgan fingerprint density at radius 2 is 2.16 bits per heavy atom. The minimum absolute atomic E-state index is 0.0738. The number of benzene rings is 1. The van der Waals surface area contributed by atoms with E-state index < -0.39 is 5.97 Å². The number of carbonyl (C=O) groups is 2. The maximum absolute atomic E-state index is 11.4. The normalized spacial score (nSPS) is 10.0. The largest absolute Gasteiger partial charge is 0.482 e. The number of carboxylic acids is 1. The first-order valence-electron chi connectivity index (χ1n) is 5.97. The second-order valence-corrected chi connectivity index (χ2v) is 4.35. The molecule has 0 saturated heterocycles. The standard InChI is InChI=1S/C13H16ClNO4/c1-2-3-6-15-12(16)8-19-11-5-4-9(13(17)18)7-10(11)14/h4-5,7H,2-3,6,8H2,1H3,(H,15,16)(H,17,18). The van der Waals surface area contributed by atoms with E-state index in [0.717, 1.165) is 12.8 Å². The van der Waals surface area contributed by atoms with Crippen LogP contribution in [0.5, 0.6) is 5.75 Å². The summed E-state index contributed by atoms with van der Waals surface area (Å²) < 4.78 is 5.23. The number of halogens is 1. The summed E-state index contributed by atoms with van der Waals surface area (Å²) in [5.74, 6) is -1.00. The summed E-state index contributed by atoms with van der Waals surface area (Å²) in [4.78, 5) is 22.1. The molecule has 0 aromatic heterocycles. The van der Waals surface area contributed by atoms with E-state index in [9.17, 15) is 9.59 Å². The SMILES string of the molecule is CCCCNC(=O)COc1ccc(C(=O)O)cc1Cl. The topological polar surface area (TPSA) is 75.6 Å². The highest BCUT2D eigenvalue weighted by atomic mass is 35.5. The number of nitrogens with one attached hydrogen (secondary N) is 1. The van der Waals surface area contributed by atoms with E-state index in [1.54, 1.807) is 0 Å². The predicted octanol–water partition coefficient (Wildman–Crippen LogP) is 2.33. The number of amides is 1. The number of unbranched alkanes of at least 4 members (excludes halogenated alkanes) is 1. The molecule has 2 N–H and O–H groups in total. The molecule has 0 unspecified atom stereocenters. The van der Waals surface area contributed by atoms with Crippen molar-refractivity contribution in [3.8, 4) is 5.75 Å². The van der Waals surface area contributed by atoms with Crippen molar-refractivity contribution in [3.63, 3.8) is 0 Å². The first-order valence-corrected chi connectivity index (χ1v) is 6.34. The lowest BCUT2D eigenvalue weighted by atomic mass is 10.2. The van der Waals surface area contributed by atoms with Gasteiger partial charge in [-0.2, -0.15) is 0 Å². The monoisotopic (exact) mass is 285 g/mol. The lowest BCUT2D eigenvalue weighted by Gasteiger charge is -2.09. The van der Waals surface area contributed by atoms with Gasteiger partial charge in [0.15, 0.2) is 6.61 Å². The molecule has 6 heteroatoms. The molecule has 0 fully saturated rings. The number of hydrogen-bond acceptors (Lipinski definition) is 3. The molecular weight excluding hydrogens is 270 g/mol. The van der Waals surface area contributed by atoms with Crippen LogP contribution in [0.15, 0.2) is 18.2 Å². The van der Waals surface area contributed by atoms with Gasteiger partial charge >= 0.3 is 5.97 Å². The molecule has 0 radical (unpaired) electrons. The molecule has 0 aliphatic carbocycles. The van der Waals surface area contributed by atoms with Gasteiger partial charge in [0.25, 0.3) is 5.91 Å². The highest BCUT2D eigenvalue weighted by Gasteiger charge is 2.09. The molecule has 0 saturated carbocycles. The third-order valence-corrected chi connectivity index (χ3v) is 2.69. The molecule has 1 aromatic rings. The van der Waals surface area contributed by atoms with Crippen LogP contribution in [0, 0.1) is 0 Å². The van der Waals surface area contributed by atoms with Crippen molar-refractivity contribution in [2.45, 2.75) is 19.8 Å². The van der Waals surface area contributed by atoms with Crippen molar-refractivity contribution in [2.75, 3.05) is 13.2 Å². The van der Waals surface area contributed by atoms with Crippen LogP contribution < -0.4 is 10.1 Å². The zero-order valence-electron chi connectivity index (χ0n) is 10.6. The molecule has 0 aliphatic heterocycles. The van der Waals surface area contributed by atoms with E-state index in [2.05, 4.69) is 5.32 Å². The quantitative estimate of drug-likeness (QED) is 0.754. The second kappa shape index (κ2) is 7.63. The Bertz CT molecular complexity index is 462. The van der Waals surface area contributed by atoms with Gasteiger partial charge in [0.05, 0.1) is 10.6 Å². The van der Waals surface area contributed by atoms with Gasteiger partial charge in [-0.1, -0.05) is 24.9 Å². The summed E-state index contributed by atoms with van der Waals surface area (Å²) in [6, 6.07) is 4.10. The number of hydrogen-bond donors (Lipinski definition) is 2. The average Bonchev–Trinajstić information content (AvgIpc) is 2.37. The molecule has 5 nitrogen and oxygen atoms in total. The number of ether oxygens (including phenoxy) is 1. The first-order chi connectivity index (χ1) is 9.04. The molecule has 1 amide bonds. The Labute approximate surface area is 116 Å². The van der Waals surface area contributed by atoms with Crippen LogP contribution in [0.3, 0.4) is 0 Å². The van der Waals surface area contributed by atoms with Crippen LogP contribution in [-0.2, 0) is 4.79 Å². The Balaban J connectivity index is 2.49. The van der Waals surface area contributed by atoms with Crippen molar-refractivity contribution < 1.29 is 19.4 Å². The van der Waals surface area contributed by atoms with Crippen LogP contribution in [0.2, 0.25) is 5.02 Å². The average molecular weight is 286 g/mol. The summed E-state index contributed by atoms with van der Waals surface area (Å²) in [6.45, 7) is 2.51. The van der Waals surface area contributed by atoms with E-state index in [1.165, 1.54) is 18.2 Å². The van der Waals surface area contributed by atoms with E-state index in [4.69, 9.17) is 21.4 Å². The van der Waals surface area contributed by atoms with Crippen LogP contribution in [0.1, 0.15) is 30.1 Å². The van der Waals surface area contributed by atoms with Gasteiger partial charge in [-0.3, -0.25) is 4.79 Å². The molecule has 1 aromatic carbocycles. The third kappa shape index (κ3) is 5.18. The summed E-state index contributed by atoms with van der Waals surface area (Å²) in [5, 5.41) is 11.6. The Morgan fingerprint density at radius 1 is 1.42 bits per heavy atom. The predicted molar refractivity (Wildman–Crippen MR) is 71.8 cm³/mol. The van der Waals surface area contributed by atoms with Gasteiger partial charge < -0.3 is 15.2 Å². The van der Waals surface area contributed by atoms with Crippen LogP contribution in [-0.4, -0.2) is 30.1 Å². The molecule has 19 heavy (non-hydrogen) atoms. The van der Waals surface area contributed by atoms with Gasteiger partial charge in [-0.05, 0) is 24.6 Å². The van der Waals surface area contributed by atoms with Crippen molar-refractivity contribution in [1.82, 2.24) is 5.32 Å². The molecule has 0 aliphatic rings. The number of aromatic carboxylic acids is 1. The molecule has 0 bridgehead atoms. The zero-order chi connectivity index (χ0) is 14.3. The Hall–Kier alpha value is -1.75. The minimum Gasteiger partial charge on any atom is -0.482 e. The third-order valence-electron chi connectivity index (χ3n) is 2.39. The van der Waals surface area contributed by atoms with Crippen molar-refractivity contribution in [3.05, 3.63) is 28.8 Å². The van der Waals surface area contributed by atoms with Crippen LogP contribution in [0.25, 0.3) is 0 Å². The van der Waals surface area contributed by atoms with E-state index in [1.807, 2.05) is 6.92 Å². The highest BCUT2D eigenvalue weighted by Crippen LogP contribution is 2.25. The Kier molecular flexibility index (Phi) is 6.15. The summed E-state index contributed by atoms with van der Waals surface area (Å²) in [6.07, 6.45) is 1.92. The fourth-order valence-electron chi connectivity index (χ4n) is 1.35. The number of carboxylic acid groups (broad SMARTS) is 1. The summed E-state index contributed by atoms with van der Waals surface area (Å²) in [5.41, 5.74) is 0.0738. The summed E-state index contributed by atoms with van der Waals surface area (Å²) in [7, 11) is 0. The van der Waals surface area contributed by atoms with Gasteiger partial charge in [0.2, 0.25) is 0 Å². The van der Waals surface area contributed by atoms with Gasteiger partial charge in [0, 0.05) is 6.54 Å². The molecular formula is C13H16ClNO4. The lowest BCUT2D eigenvalue weighted by molar-refractivity contribution is -0.123. The smallest absolute Gasteiger partial charge is 0.335 e. The second-order valence-electron chi connectivity index (χ2n) is 3.94. The van der Waals surface area contributed by atoms with Crippen molar-refractivity contribution >= 4 is 23.5 Å². The first kappa shape index (κ1) is 15.3. The van der Waals surface area contributed by atoms with Crippen molar-refractivity contribution in [1.29, 1.82) is 0 Å². The van der Waals surface area contributed by atoms with E-state index in [0.29, 0.717) is 6.54 Å². The molecule has 104 valence electrons. The highest BCUT2D eigenvalue weighted by molar-refractivity contribution is 6.32. The molecule has 0 heterocycles. The molecule has 1 rings (SSSR count). The fraction of sp³-hybridized carbons (Fsp3) is 0.385. The molecule has 0 spiro atoms. The van der Waals surface area contributed by atoms with Gasteiger partial charge in [0.1, 0.15) is 5.75 Å². The van der Waals surface area contributed by atoms with Gasteiger partial charge in [-0.15, -0.1) is 0 Å². The maximum atomic E-state index is 11.4. The van der Waals surface area contributed by atoms with E-state index in [-0.39, 0.29) is 28.8 Å². The van der Waals surface area contributed by atoms with E-state index >= 15 is 0 Å². The maximum Gasteiger partial charge on any atom is 0.335 e. The minimum atomic E-state index is -1.06.